The van der Waals surface area contributed by atoms with Crippen LogP contribution in [0.5, 0.6) is 0 Å². The molecule has 1 unspecified atom stereocenters. The van der Waals surface area contributed by atoms with Gasteiger partial charge in [-0.05, 0) is 18.9 Å². The molecule has 1 fully saturated rings. The fourth-order valence-electron chi connectivity index (χ4n) is 2.10. The first-order valence-electron chi connectivity index (χ1n) is 6.55. The van der Waals surface area contributed by atoms with E-state index in [4.69, 9.17) is 9.57 Å². The van der Waals surface area contributed by atoms with Crippen LogP contribution in [0, 0.1) is 5.92 Å². The number of hydrogen-bond acceptors (Lipinski definition) is 6. The lowest BCUT2D eigenvalue weighted by Crippen LogP contribution is -2.13. The molecule has 0 radical (unpaired) electrons. The van der Waals surface area contributed by atoms with Gasteiger partial charge < -0.3 is 4.74 Å². The Labute approximate surface area is 115 Å². The lowest BCUT2D eigenvalue weighted by molar-refractivity contribution is 0.126. The van der Waals surface area contributed by atoms with Crippen LogP contribution in [0.3, 0.4) is 0 Å². The van der Waals surface area contributed by atoms with Crippen LogP contribution in [0.1, 0.15) is 18.2 Å². The topological polar surface area (TPSA) is 56.3 Å². The summed E-state index contributed by atoms with van der Waals surface area (Å²) in [6.45, 7) is 4.42. The van der Waals surface area contributed by atoms with Gasteiger partial charge in [-0.1, -0.05) is 6.92 Å². The first-order valence-corrected chi connectivity index (χ1v) is 7.37. The number of anilines is 1. The van der Waals surface area contributed by atoms with Crippen molar-refractivity contribution in [3.63, 3.8) is 0 Å². The number of ether oxygens (including phenoxy) is 1. The third-order valence-electron chi connectivity index (χ3n) is 3.24. The van der Waals surface area contributed by atoms with E-state index in [9.17, 15) is 0 Å². The van der Waals surface area contributed by atoms with Gasteiger partial charge in [0.05, 0.1) is 18.6 Å². The van der Waals surface area contributed by atoms with E-state index in [2.05, 4.69) is 28.4 Å². The van der Waals surface area contributed by atoms with Gasteiger partial charge in [-0.3, -0.25) is 4.84 Å². The van der Waals surface area contributed by atoms with Crippen LogP contribution in [0.4, 0.5) is 5.82 Å². The van der Waals surface area contributed by atoms with Crippen LogP contribution < -0.4 is 5.48 Å². The second kappa shape index (κ2) is 5.81. The zero-order chi connectivity index (χ0) is 13.1. The molecule has 0 bridgehead atoms. The largest absolute Gasteiger partial charge is 0.381 e. The molecule has 0 saturated carbocycles. The van der Waals surface area contributed by atoms with E-state index in [0.29, 0.717) is 12.5 Å². The highest BCUT2D eigenvalue weighted by atomic mass is 32.1. The predicted octanol–water partition coefficient (Wildman–Crippen LogP) is 2.63. The van der Waals surface area contributed by atoms with Gasteiger partial charge >= 0.3 is 0 Å². The van der Waals surface area contributed by atoms with Crippen molar-refractivity contribution < 1.29 is 9.57 Å². The molecule has 0 aromatic carbocycles. The second-order valence-electron chi connectivity index (χ2n) is 4.65. The smallest absolute Gasteiger partial charge is 0.161 e. The zero-order valence-corrected chi connectivity index (χ0v) is 11.7. The molecule has 0 amide bonds. The molecule has 1 aliphatic heterocycles. The molecule has 6 heteroatoms. The van der Waals surface area contributed by atoms with E-state index in [1.54, 1.807) is 17.7 Å². The van der Waals surface area contributed by atoms with Crippen molar-refractivity contribution in [3.8, 4) is 0 Å². The van der Waals surface area contributed by atoms with Crippen LogP contribution in [-0.2, 0) is 16.0 Å². The number of hydrogen-bond donors (Lipinski definition) is 1. The van der Waals surface area contributed by atoms with Crippen molar-refractivity contribution in [1.82, 2.24) is 9.97 Å². The number of nitrogens with one attached hydrogen (secondary N) is 1. The van der Waals surface area contributed by atoms with Crippen LogP contribution >= 0.6 is 11.3 Å². The maximum absolute atomic E-state index is 5.54. The van der Waals surface area contributed by atoms with Gasteiger partial charge in [0.2, 0.25) is 0 Å². The lowest BCUT2D eigenvalue weighted by atomic mass is 10.1. The summed E-state index contributed by atoms with van der Waals surface area (Å²) in [5.74, 6) is 1.23. The molecule has 1 aliphatic rings. The van der Waals surface area contributed by atoms with Crippen molar-refractivity contribution in [2.75, 3.05) is 25.3 Å². The minimum atomic E-state index is 0.485. The van der Waals surface area contributed by atoms with Gasteiger partial charge in [0.15, 0.2) is 5.82 Å². The van der Waals surface area contributed by atoms with Gasteiger partial charge in [-0.2, -0.15) is 0 Å². The minimum absolute atomic E-state index is 0.485. The first kappa shape index (κ1) is 12.8. The summed E-state index contributed by atoms with van der Waals surface area (Å²) in [5.41, 5.74) is 2.95. The van der Waals surface area contributed by atoms with Gasteiger partial charge in [0, 0.05) is 17.4 Å². The van der Waals surface area contributed by atoms with Crippen molar-refractivity contribution in [2.45, 2.75) is 19.8 Å². The summed E-state index contributed by atoms with van der Waals surface area (Å²) >= 11 is 1.70. The van der Waals surface area contributed by atoms with Crippen molar-refractivity contribution >= 4 is 27.4 Å². The molecule has 19 heavy (non-hydrogen) atoms. The van der Waals surface area contributed by atoms with Gasteiger partial charge in [0.1, 0.15) is 11.2 Å². The Morgan fingerprint density at radius 2 is 2.47 bits per heavy atom. The molecule has 0 spiro atoms. The SMILES string of the molecule is CCc1cc2c(NOCC3CCOC3)ncnc2s1. The van der Waals surface area contributed by atoms with E-state index in [-0.39, 0.29) is 0 Å². The summed E-state index contributed by atoms with van der Waals surface area (Å²) in [7, 11) is 0. The molecule has 5 nitrogen and oxygen atoms in total. The van der Waals surface area contributed by atoms with Crippen molar-refractivity contribution in [3.05, 3.63) is 17.3 Å². The number of fused-ring (bicyclic) bond motifs is 1. The molecular weight excluding hydrogens is 262 g/mol. The molecule has 2 aromatic rings. The quantitative estimate of drug-likeness (QED) is 0.853. The first-order chi connectivity index (χ1) is 9.36. The Morgan fingerprint density at radius 3 is 3.26 bits per heavy atom. The Balaban J connectivity index is 1.67. The molecule has 0 aliphatic carbocycles. The van der Waals surface area contributed by atoms with Crippen LogP contribution in [-0.4, -0.2) is 29.8 Å². The van der Waals surface area contributed by atoms with Crippen LogP contribution in [0.25, 0.3) is 10.2 Å². The number of rotatable bonds is 5. The van der Waals surface area contributed by atoms with E-state index >= 15 is 0 Å². The minimum Gasteiger partial charge on any atom is -0.381 e. The fourth-order valence-corrected chi connectivity index (χ4v) is 3.04. The number of aryl methyl sites for hydroxylation is 1. The zero-order valence-electron chi connectivity index (χ0n) is 10.9. The summed E-state index contributed by atoms with van der Waals surface area (Å²) in [6, 6.07) is 2.13. The molecule has 2 aromatic heterocycles. The Morgan fingerprint density at radius 1 is 1.53 bits per heavy atom. The van der Waals surface area contributed by atoms with Crippen LogP contribution in [0.15, 0.2) is 12.4 Å². The standard InChI is InChI=1S/C13H17N3O2S/c1-2-10-5-11-12(14-8-15-13(11)19-10)16-18-7-9-3-4-17-6-9/h5,8-9H,2-4,6-7H2,1H3,(H,14,15,16). The molecule has 1 N–H and O–H groups in total. The fraction of sp³-hybridized carbons (Fsp3) is 0.538. The summed E-state index contributed by atoms with van der Waals surface area (Å²) in [5, 5.41) is 1.03. The van der Waals surface area contributed by atoms with Crippen molar-refractivity contribution in [1.29, 1.82) is 0 Å². The molecule has 1 saturated heterocycles. The van der Waals surface area contributed by atoms with Crippen molar-refractivity contribution in [2.24, 2.45) is 5.92 Å². The van der Waals surface area contributed by atoms with E-state index in [0.717, 1.165) is 42.1 Å². The van der Waals surface area contributed by atoms with Gasteiger partial charge in [0.25, 0.3) is 0 Å². The normalized spacial score (nSPS) is 19.1. The molecule has 1 atom stereocenters. The van der Waals surface area contributed by atoms with Gasteiger partial charge in [-0.25, -0.2) is 15.4 Å². The number of aromatic nitrogens is 2. The average Bonchev–Trinajstić information content (AvgIpc) is 3.07. The number of nitrogens with zero attached hydrogens (tertiary/aromatic N) is 2. The second-order valence-corrected chi connectivity index (χ2v) is 5.77. The maximum Gasteiger partial charge on any atom is 0.161 e. The third kappa shape index (κ3) is 2.86. The average molecular weight is 279 g/mol. The van der Waals surface area contributed by atoms with E-state index < -0.39 is 0 Å². The molecule has 102 valence electrons. The predicted molar refractivity (Wildman–Crippen MR) is 75.3 cm³/mol. The molecular formula is C13H17N3O2S. The van der Waals surface area contributed by atoms with Crippen LogP contribution in [0.2, 0.25) is 0 Å². The Kier molecular flexibility index (Phi) is 3.91. The molecule has 3 rings (SSSR count). The highest BCUT2D eigenvalue weighted by Crippen LogP contribution is 2.28. The maximum atomic E-state index is 5.54. The highest BCUT2D eigenvalue weighted by Gasteiger charge is 2.16. The number of thiophene rings is 1. The Hall–Kier alpha value is -1.24. The molecule has 3 heterocycles. The van der Waals surface area contributed by atoms with Gasteiger partial charge in [-0.15, -0.1) is 11.3 Å². The lowest BCUT2D eigenvalue weighted by Gasteiger charge is -2.09. The van der Waals surface area contributed by atoms with E-state index in [1.165, 1.54) is 4.88 Å². The Bertz CT molecular complexity index is 552. The summed E-state index contributed by atoms with van der Waals surface area (Å²) < 4.78 is 5.32. The highest BCUT2D eigenvalue weighted by molar-refractivity contribution is 7.18. The summed E-state index contributed by atoms with van der Waals surface area (Å²) in [6.07, 6.45) is 3.66. The van der Waals surface area contributed by atoms with E-state index in [1.807, 2.05) is 0 Å². The third-order valence-corrected chi connectivity index (χ3v) is 4.43. The monoisotopic (exact) mass is 279 g/mol. The summed E-state index contributed by atoms with van der Waals surface area (Å²) in [4.78, 5) is 16.4.